The van der Waals surface area contributed by atoms with E-state index in [-0.39, 0.29) is 52.9 Å². The molecule has 7 heteroatoms. The first kappa shape index (κ1) is 24.0. The second-order valence-electron chi connectivity index (χ2n) is 11.2. The van der Waals surface area contributed by atoms with Crippen molar-refractivity contribution in [2.75, 3.05) is 39.4 Å². The van der Waals surface area contributed by atoms with Crippen molar-refractivity contribution in [3.05, 3.63) is 0 Å². The molecule has 32 heavy (non-hydrogen) atoms. The third kappa shape index (κ3) is 5.15. The van der Waals surface area contributed by atoms with Gasteiger partial charge in [0, 0.05) is 44.1 Å². The largest absolute Gasteiger partial charge is 0.392 e. The van der Waals surface area contributed by atoms with Crippen LogP contribution in [0.25, 0.3) is 0 Å². The average Bonchev–Trinajstić information content (AvgIpc) is 3.62. The fraction of sp³-hybridized carbons (Fsp3) is 0.920. The highest BCUT2D eigenvalue weighted by Gasteiger charge is 2.54. The minimum absolute atomic E-state index is 0.0307. The van der Waals surface area contributed by atoms with E-state index in [1.807, 2.05) is 6.92 Å². The van der Waals surface area contributed by atoms with Crippen LogP contribution in [0.4, 0.5) is 0 Å². The average molecular weight is 450 g/mol. The van der Waals surface area contributed by atoms with E-state index in [9.17, 15) is 14.7 Å². The van der Waals surface area contributed by atoms with Crippen molar-refractivity contribution in [3.63, 3.8) is 0 Å². The molecule has 2 amide bonds. The van der Waals surface area contributed by atoms with Gasteiger partial charge in [-0.1, -0.05) is 20.8 Å². The van der Waals surface area contributed by atoms with Gasteiger partial charge >= 0.3 is 0 Å². The molecule has 182 valence electrons. The summed E-state index contributed by atoms with van der Waals surface area (Å²) < 4.78 is 5.38. The molecular formula is C25H43N3O4. The molecule has 0 unspecified atom stereocenters. The number of hydrogen-bond acceptors (Lipinski definition) is 5. The first-order valence-corrected chi connectivity index (χ1v) is 12.9. The summed E-state index contributed by atoms with van der Waals surface area (Å²) in [6.45, 7) is 11.3. The monoisotopic (exact) mass is 449 g/mol. The summed E-state index contributed by atoms with van der Waals surface area (Å²) in [5.74, 6) is 0.535. The number of rotatable bonds is 7. The Balaban J connectivity index is 1.33. The Labute approximate surface area is 193 Å². The number of hydrogen-bond donors (Lipinski definition) is 3. The van der Waals surface area contributed by atoms with E-state index >= 15 is 0 Å². The second kappa shape index (κ2) is 9.98. The van der Waals surface area contributed by atoms with Crippen LogP contribution in [0, 0.1) is 35.0 Å². The highest BCUT2D eigenvalue weighted by atomic mass is 16.5. The summed E-state index contributed by atoms with van der Waals surface area (Å²) in [6, 6.07) is 0.132. The number of aliphatic hydroxyl groups excluding tert-OH is 1. The van der Waals surface area contributed by atoms with Crippen LogP contribution >= 0.6 is 0 Å². The van der Waals surface area contributed by atoms with Gasteiger partial charge in [0.2, 0.25) is 11.8 Å². The SMILES string of the molecule is C[C@H]1[C@@H]2[C@@H](O)[C@@H]([C@H](C)C(=O)NCCN3CCOCC3)CC[C@@]2(C)CC[C@@H]1NC(=O)C1CC1. The van der Waals surface area contributed by atoms with E-state index in [2.05, 4.69) is 29.4 Å². The number of nitrogens with one attached hydrogen (secondary N) is 2. The normalized spacial score (nSPS) is 39.1. The van der Waals surface area contributed by atoms with Gasteiger partial charge in [0.15, 0.2) is 0 Å². The lowest BCUT2D eigenvalue weighted by Crippen LogP contribution is -2.58. The highest BCUT2D eigenvalue weighted by Crippen LogP contribution is 2.55. The van der Waals surface area contributed by atoms with Gasteiger partial charge in [0.05, 0.1) is 19.3 Å². The second-order valence-corrected chi connectivity index (χ2v) is 11.2. The third-order valence-electron chi connectivity index (χ3n) is 9.05. The molecule has 0 radical (unpaired) electrons. The lowest BCUT2D eigenvalue weighted by Gasteiger charge is -2.56. The van der Waals surface area contributed by atoms with Crippen molar-refractivity contribution >= 4 is 11.8 Å². The summed E-state index contributed by atoms with van der Waals surface area (Å²) in [6.07, 6.45) is 5.46. The molecule has 1 heterocycles. The van der Waals surface area contributed by atoms with Gasteiger partial charge in [-0.2, -0.15) is 0 Å². The topological polar surface area (TPSA) is 90.9 Å². The molecular weight excluding hydrogens is 406 g/mol. The van der Waals surface area contributed by atoms with Gasteiger partial charge in [-0.25, -0.2) is 0 Å². The third-order valence-corrected chi connectivity index (χ3v) is 9.05. The zero-order chi connectivity index (χ0) is 22.9. The summed E-state index contributed by atoms with van der Waals surface area (Å²) in [4.78, 5) is 27.6. The standard InChI is InChI=1S/C25H43N3O4/c1-16(23(30)26-10-11-28-12-14-32-15-13-28)19-6-8-25(3)9-7-20(17(2)21(25)22(19)29)27-24(31)18-4-5-18/h16-22,29H,4-15H2,1-3H3,(H,26,30)(H,27,31)/t16-,17+,19+,20-,21+,22-,25-/m0/s1. The van der Waals surface area contributed by atoms with E-state index in [0.717, 1.165) is 71.4 Å². The molecule has 1 aliphatic heterocycles. The minimum atomic E-state index is -0.510. The van der Waals surface area contributed by atoms with E-state index in [0.29, 0.717) is 6.54 Å². The van der Waals surface area contributed by atoms with Crippen molar-refractivity contribution in [1.29, 1.82) is 0 Å². The van der Waals surface area contributed by atoms with Crippen LogP contribution in [0.2, 0.25) is 0 Å². The number of carbonyl (C=O) groups excluding carboxylic acids is 2. The molecule has 1 saturated heterocycles. The van der Waals surface area contributed by atoms with Crippen molar-refractivity contribution < 1.29 is 19.4 Å². The number of ether oxygens (including phenoxy) is 1. The molecule has 4 rings (SSSR count). The van der Waals surface area contributed by atoms with Crippen LogP contribution in [0.5, 0.6) is 0 Å². The number of nitrogens with zero attached hydrogens (tertiary/aromatic N) is 1. The molecule has 3 aliphatic carbocycles. The molecule has 0 aromatic rings. The maximum atomic E-state index is 12.9. The lowest BCUT2D eigenvalue weighted by atomic mass is 9.51. The molecule has 4 fully saturated rings. The van der Waals surface area contributed by atoms with Crippen LogP contribution in [-0.2, 0) is 14.3 Å². The first-order valence-electron chi connectivity index (χ1n) is 12.9. The minimum Gasteiger partial charge on any atom is -0.392 e. The Morgan fingerprint density at radius 1 is 1.16 bits per heavy atom. The van der Waals surface area contributed by atoms with Crippen molar-refractivity contribution in [1.82, 2.24) is 15.5 Å². The molecule has 4 aliphatic rings. The number of amides is 2. The highest BCUT2D eigenvalue weighted by molar-refractivity contribution is 5.81. The summed E-state index contributed by atoms with van der Waals surface area (Å²) in [5, 5.41) is 17.9. The molecule has 3 N–H and O–H groups in total. The van der Waals surface area contributed by atoms with Crippen LogP contribution < -0.4 is 10.6 Å². The Morgan fingerprint density at radius 2 is 1.84 bits per heavy atom. The Hall–Kier alpha value is -1.18. The van der Waals surface area contributed by atoms with Gasteiger partial charge in [-0.3, -0.25) is 14.5 Å². The molecule has 3 saturated carbocycles. The summed E-state index contributed by atoms with van der Waals surface area (Å²) in [7, 11) is 0. The van der Waals surface area contributed by atoms with Gasteiger partial charge in [-0.15, -0.1) is 0 Å². The molecule has 0 bridgehead atoms. The fourth-order valence-electron chi connectivity index (χ4n) is 6.66. The van der Waals surface area contributed by atoms with Gasteiger partial charge in [-0.05, 0) is 61.7 Å². The molecule has 7 nitrogen and oxygen atoms in total. The van der Waals surface area contributed by atoms with Gasteiger partial charge < -0.3 is 20.5 Å². The summed E-state index contributed by atoms with van der Waals surface area (Å²) >= 11 is 0. The predicted octanol–water partition coefficient (Wildman–Crippen LogP) is 1.79. The lowest BCUT2D eigenvalue weighted by molar-refractivity contribution is -0.144. The van der Waals surface area contributed by atoms with E-state index in [4.69, 9.17) is 4.74 Å². The number of fused-ring (bicyclic) bond motifs is 1. The smallest absolute Gasteiger partial charge is 0.223 e. The van der Waals surface area contributed by atoms with Crippen LogP contribution in [0.15, 0.2) is 0 Å². The number of aliphatic hydroxyl groups is 1. The predicted molar refractivity (Wildman–Crippen MR) is 123 cm³/mol. The Bertz CT molecular complexity index is 678. The number of morpholine rings is 1. The van der Waals surface area contributed by atoms with E-state index < -0.39 is 6.10 Å². The fourth-order valence-corrected chi connectivity index (χ4v) is 6.66. The molecule has 7 atom stereocenters. The maximum absolute atomic E-state index is 12.9. The Morgan fingerprint density at radius 3 is 2.53 bits per heavy atom. The first-order chi connectivity index (χ1) is 15.3. The van der Waals surface area contributed by atoms with Crippen LogP contribution in [0.1, 0.15) is 59.3 Å². The maximum Gasteiger partial charge on any atom is 0.223 e. The number of carbonyl (C=O) groups is 2. The van der Waals surface area contributed by atoms with E-state index in [1.54, 1.807) is 0 Å². The quantitative estimate of drug-likeness (QED) is 0.551. The van der Waals surface area contributed by atoms with Crippen LogP contribution in [0.3, 0.4) is 0 Å². The van der Waals surface area contributed by atoms with Crippen molar-refractivity contribution in [3.8, 4) is 0 Å². The molecule has 0 spiro atoms. The molecule has 0 aromatic carbocycles. The van der Waals surface area contributed by atoms with Gasteiger partial charge in [0.1, 0.15) is 0 Å². The Kier molecular flexibility index (Phi) is 7.47. The molecule has 0 aromatic heterocycles. The van der Waals surface area contributed by atoms with Crippen molar-refractivity contribution in [2.45, 2.75) is 71.4 Å². The van der Waals surface area contributed by atoms with Crippen LogP contribution in [-0.4, -0.2) is 73.4 Å². The van der Waals surface area contributed by atoms with Gasteiger partial charge in [0.25, 0.3) is 0 Å². The zero-order valence-electron chi connectivity index (χ0n) is 20.1. The van der Waals surface area contributed by atoms with Crippen molar-refractivity contribution in [2.24, 2.45) is 35.0 Å². The van der Waals surface area contributed by atoms with E-state index in [1.165, 1.54) is 0 Å². The zero-order valence-corrected chi connectivity index (χ0v) is 20.1. The summed E-state index contributed by atoms with van der Waals surface area (Å²) in [5.41, 5.74) is 0.0860.